The van der Waals surface area contributed by atoms with Crippen molar-refractivity contribution in [3.63, 3.8) is 0 Å². The first kappa shape index (κ1) is 15.9. The Labute approximate surface area is 130 Å². The molecule has 1 heterocycles. The Bertz CT molecular complexity index is 551. The van der Waals surface area contributed by atoms with Gasteiger partial charge in [0.1, 0.15) is 18.1 Å². The molecule has 0 spiro atoms. The van der Waals surface area contributed by atoms with Gasteiger partial charge in [0.25, 0.3) is 0 Å². The molecule has 0 aliphatic carbocycles. The van der Waals surface area contributed by atoms with Crippen molar-refractivity contribution in [3.8, 4) is 11.5 Å². The maximum atomic E-state index is 5.80. The van der Waals surface area contributed by atoms with E-state index in [9.17, 15) is 0 Å². The van der Waals surface area contributed by atoms with Crippen LogP contribution in [0.25, 0.3) is 0 Å². The summed E-state index contributed by atoms with van der Waals surface area (Å²) in [6.07, 6.45) is 0. The van der Waals surface area contributed by atoms with Gasteiger partial charge in [-0.15, -0.1) is 11.3 Å². The molecule has 2 rings (SSSR count). The molecule has 3 nitrogen and oxygen atoms in total. The summed E-state index contributed by atoms with van der Waals surface area (Å²) in [5, 5.41) is 3.46. The molecule has 0 radical (unpaired) electrons. The summed E-state index contributed by atoms with van der Waals surface area (Å²) in [7, 11) is 1.66. The molecule has 0 atom stereocenters. The third kappa shape index (κ3) is 5.40. The van der Waals surface area contributed by atoms with Crippen LogP contribution in [-0.2, 0) is 13.2 Å². The first-order valence-corrected chi connectivity index (χ1v) is 8.04. The molecule has 21 heavy (non-hydrogen) atoms. The highest BCUT2D eigenvalue weighted by Crippen LogP contribution is 2.22. The number of hydrogen-bond acceptors (Lipinski definition) is 4. The van der Waals surface area contributed by atoms with Crippen LogP contribution in [0.5, 0.6) is 11.5 Å². The molecule has 1 N–H and O–H groups in total. The third-order valence-corrected chi connectivity index (χ3v) is 4.05. The minimum atomic E-state index is 0.599. The second-order valence-electron chi connectivity index (χ2n) is 5.36. The molecule has 114 valence electrons. The molecule has 2 aromatic rings. The van der Waals surface area contributed by atoms with E-state index in [1.165, 1.54) is 9.75 Å². The number of methoxy groups -OCH3 is 1. The van der Waals surface area contributed by atoms with Crippen LogP contribution in [0.15, 0.2) is 36.4 Å². The molecule has 0 aliphatic rings. The van der Waals surface area contributed by atoms with Crippen molar-refractivity contribution in [2.24, 2.45) is 5.92 Å². The zero-order valence-corrected chi connectivity index (χ0v) is 13.7. The molecule has 1 aromatic carbocycles. The first-order chi connectivity index (χ1) is 10.2. The molecule has 0 fully saturated rings. The van der Waals surface area contributed by atoms with Gasteiger partial charge in [-0.05, 0) is 36.7 Å². The normalized spacial score (nSPS) is 10.9. The van der Waals surface area contributed by atoms with E-state index in [1.54, 1.807) is 18.4 Å². The molecule has 0 amide bonds. The van der Waals surface area contributed by atoms with Crippen LogP contribution in [-0.4, -0.2) is 13.7 Å². The number of ether oxygens (including phenoxy) is 2. The summed E-state index contributed by atoms with van der Waals surface area (Å²) < 4.78 is 11.0. The van der Waals surface area contributed by atoms with Gasteiger partial charge >= 0.3 is 0 Å². The average molecular weight is 305 g/mol. The summed E-state index contributed by atoms with van der Waals surface area (Å²) in [5.41, 5.74) is 0. The van der Waals surface area contributed by atoms with Crippen molar-refractivity contribution >= 4 is 11.3 Å². The van der Waals surface area contributed by atoms with Crippen molar-refractivity contribution in [2.45, 2.75) is 27.0 Å². The zero-order valence-electron chi connectivity index (χ0n) is 12.9. The highest BCUT2D eigenvalue weighted by atomic mass is 32.1. The van der Waals surface area contributed by atoms with Gasteiger partial charge in [-0.25, -0.2) is 0 Å². The van der Waals surface area contributed by atoms with Crippen molar-refractivity contribution in [2.75, 3.05) is 13.7 Å². The van der Waals surface area contributed by atoms with E-state index < -0.39 is 0 Å². The van der Waals surface area contributed by atoms with Crippen molar-refractivity contribution in [1.29, 1.82) is 0 Å². The lowest BCUT2D eigenvalue weighted by atomic mass is 10.2. The summed E-state index contributed by atoms with van der Waals surface area (Å²) in [6, 6.07) is 12.0. The van der Waals surface area contributed by atoms with E-state index in [4.69, 9.17) is 9.47 Å². The summed E-state index contributed by atoms with van der Waals surface area (Å²) in [4.78, 5) is 2.58. The molecule has 1 aromatic heterocycles. The van der Waals surface area contributed by atoms with Crippen molar-refractivity contribution < 1.29 is 9.47 Å². The van der Waals surface area contributed by atoms with E-state index in [2.05, 4.69) is 31.3 Å². The van der Waals surface area contributed by atoms with Gasteiger partial charge in [0, 0.05) is 22.4 Å². The fourth-order valence-corrected chi connectivity index (χ4v) is 2.83. The Balaban J connectivity index is 1.82. The predicted octanol–water partition coefficient (Wildman–Crippen LogP) is 4.08. The minimum Gasteiger partial charge on any atom is -0.497 e. The van der Waals surface area contributed by atoms with Crippen LogP contribution in [0, 0.1) is 5.92 Å². The summed E-state index contributed by atoms with van der Waals surface area (Å²) in [6.45, 7) is 7.02. The van der Waals surface area contributed by atoms with Gasteiger partial charge in [0.2, 0.25) is 0 Å². The van der Waals surface area contributed by atoms with Crippen LogP contribution < -0.4 is 14.8 Å². The molecule has 0 saturated carbocycles. The van der Waals surface area contributed by atoms with E-state index in [0.29, 0.717) is 12.5 Å². The third-order valence-electron chi connectivity index (χ3n) is 2.99. The Morgan fingerprint density at radius 3 is 2.62 bits per heavy atom. The smallest absolute Gasteiger partial charge is 0.123 e. The molecule has 0 unspecified atom stereocenters. The van der Waals surface area contributed by atoms with Crippen LogP contribution >= 0.6 is 11.3 Å². The first-order valence-electron chi connectivity index (χ1n) is 7.22. The van der Waals surface area contributed by atoms with Crippen LogP contribution in [0.4, 0.5) is 0 Å². The number of hydrogen-bond donors (Lipinski definition) is 1. The van der Waals surface area contributed by atoms with Gasteiger partial charge in [-0.3, -0.25) is 0 Å². The highest BCUT2D eigenvalue weighted by molar-refractivity contribution is 7.11. The second kappa shape index (κ2) is 8.05. The molecular weight excluding hydrogens is 282 g/mol. The Hall–Kier alpha value is -1.52. The maximum absolute atomic E-state index is 5.80. The van der Waals surface area contributed by atoms with Gasteiger partial charge in [-0.2, -0.15) is 0 Å². The molecule has 0 aliphatic heterocycles. The summed E-state index contributed by atoms with van der Waals surface area (Å²) in [5.74, 6) is 2.33. The van der Waals surface area contributed by atoms with Crippen LogP contribution in [0.1, 0.15) is 23.6 Å². The maximum Gasteiger partial charge on any atom is 0.123 e. The zero-order chi connectivity index (χ0) is 15.1. The topological polar surface area (TPSA) is 30.5 Å². The predicted molar refractivity (Wildman–Crippen MR) is 88.2 cm³/mol. The van der Waals surface area contributed by atoms with E-state index in [-0.39, 0.29) is 0 Å². The van der Waals surface area contributed by atoms with Crippen molar-refractivity contribution in [1.82, 2.24) is 5.32 Å². The summed E-state index contributed by atoms with van der Waals surface area (Å²) >= 11 is 1.79. The van der Waals surface area contributed by atoms with Gasteiger partial charge < -0.3 is 14.8 Å². The number of thiophene rings is 1. The monoisotopic (exact) mass is 305 g/mol. The lowest BCUT2D eigenvalue weighted by Crippen LogP contribution is -2.18. The van der Waals surface area contributed by atoms with E-state index in [1.807, 2.05) is 24.3 Å². The Morgan fingerprint density at radius 1 is 1.10 bits per heavy atom. The van der Waals surface area contributed by atoms with Crippen molar-refractivity contribution in [3.05, 3.63) is 46.2 Å². The Morgan fingerprint density at radius 2 is 1.86 bits per heavy atom. The standard InChI is InChI=1S/C17H23NO2S/c1-13(2)10-18-11-16-7-8-17(21-16)12-20-15-6-4-5-14(9-15)19-3/h4-9,13,18H,10-12H2,1-3H3. The molecular formula is C17H23NO2S. The number of benzene rings is 1. The van der Waals surface area contributed by atoms with Gasteiger partial charge in [0.15, 0.2) is 0 Å². The Kier molecular flexibility index (Phi) is 6.08. The average Bonchev–Trinajstić information content (AvgIpc) is 2.93. The molecule has 0 bridgehead atoms. The number of rotatable bonds is 8. The fraction of sp³-hybridized carbons (Fsp3) is 0.412. The van der Waals surface area contributed by atoms with E-state index >= 15 is 0 Å². The fourth-order valence-electron chi connectivity index (χ4n) is 1.92. The van der Waals surface area contributed by atoms with Crippen LogP contribution in [0.3, 0.4) is 0 Å². The van der Waals surface area contributed by atoms with Gasteiger partial charge in [-0.1, -0.05) is 19.9 Å². The second-order valence-corrected chi connectivity index (χ2v) is 6.61. The molecule has 0 saturated heterocycles. The van der Waals surface area contributed by atoms with Gasteiger partial charge in [0.05, 0.1) is 7.11 Å². The van der Waals surface area contributed by atoms with E-state index in [0.717, 1.165) is 24.6 Å². The quantitative estimate of drug-likeness (QED) is 0.797. The van der Waals surface area contributed by atoms with Crippen LogP contribution in [0.2, 0.25) is 0 Å². The lowest BCUT2D eigenvalue weighted by Gasteiger charge is -2.06. The number of nitrogens with one attached hydrogen (secondary N) is 1. The SMILES string of the molecule is COc1cccc(OCc2ccc(CNCC(C)C)s2)c1. The highest BCUT2D eigenvalue weighted by Gasteiger charge is 2.03. The lowest BCUT2D eigenvalue weighted by molar-refractivity contribution is 0.307. The minimum absolute atomic E-state index is 0.599. The largest absolute Gasteiger partial charge is 0.497 e. The molecule has 4 heteroatoms.